The van der Waals surface area contributed by atoms with Crippen molar-refractivity contribution in [3.63, 3.8) is 0 Å². The van der Waals surface area contributed by atoms with E-state index in [9.17, 15) is 14.7 Å². The van der Waals surface area contributed by atoms with E-state index in [0.717, 1.165) is 32.7 Å². The maximum atomic E-state index is 17.0. The molecule has 0 saturated carbocycles. The summed E-state index contributed by atoms with van der Waals surface area (Å²) in [5.74, 6) is -1.43. The molecule has 8 heteroatoms. The Bertz CT molecular complexity index is 1930. The summed E-state index contributed by atoms with van der Waals surface area (Å²) in [5, 5.41) is 16.2. The number of carbonyl (C=O) groups is 2. The molecule has 6 atom stereocenters. The zero-order chi connectivity index (χ0) is 37.7. The monoisotopic (exact) mass is 708 g/mol. The van der Waals surface area contributed by atoms with Gasteiger partial charge in [-0.05, 0) is 97.2 Å². The van der Waals surface area contributed by atoms with Crippen molar-refractivity contribution in [1.29, 1.82) is 0 Å². The van der Waals surface area contributed by atoms with Crippen LogP contribution < -0.4 is 0 Å². The Hall–Kier alpha value is -3.85. The van der Waals surface area contributed by atoms with Gasteiger partial charge in [-0.3, -0.25) is 9.59 Å². The number of nitrogens with zero attached hydrogens (tertiary/aromatic N) is 2. The van der Waals surface area contributed by atoms with Gasteiger partial charge in [-0.25, -0.2) is 4.39 Å². The molecule has 8 rings (SSSR count). The summed E-state index contributed by atoms with van der Waals surface area (Å²) in [6.45, 7) is 20.1. The molecule has 2 amide bonds. The summed E-state index contributed by atoms with van der Waals surface area (Å²) in [6, 6.07) is 22.9. The van der Waals surface area contributed by atoms with Crippen molar-refractivity contribution in [1.82, 2.24) is 9.80 Å². The zero-order valence-corrected chi connectivity index (χ0v) is 32.2. The number of benzene rings is 4. The number of aryl methyl sites for hydroxylation is 2. The minimum absolute atomic E-state index is 0.0142. The minimum atomic E-state index is -1.77. The zero-order valence-electron chi connectivity index (χ0n) is 32.2. The van der Waals surface area contributed by atoms with Crippen LogP contribution in [-0.2, 0) is 30.3 Å². The van der Waals surface area contributed by atoms with Gasteiger partial charge >= 0.3 is 0 Å². The molecule has 0 aliphatic carbocycles. The fourth-order valence-corrected chi connectivity index (χ4v) is 10.00. The number of aliphatic hydroxyl groups is 1. The molecule has 4 aromatic carbocycles. The number of hydrogen-bond acceptors (Lipinski definition) is 5. The number of halogens is 1. The predicted octanol–water partition coefficient (Wildman–Crippen LogP) is 8.15. The number of alkyl halides is 1. The Labute approximate surface area is 307 Å². The molecule has 0 bridgehead atoms. The summed E-state index contributed by atoms with van der Waals surface area (Å²) < 4.78 is 28.8. The van der Waals surface area contributed by atoms with Crippen LogP contribution in [0.2, 0.25) is 0 Å². The first-order valence-corrected chi connectivity index (χ1v) is 18.7. The van der Waals surface area contributed by atoms with E-state index >= 15 is 4.39 Å². The Kier molecular flexibility index (Phi) is 8.67. The minimum Gasteiger partial charge on any atom is -0.382 e. The largest absolute Gasteiger partial charge is 0.382 e. The van der Waals surface area contributed by atoms with Crippen LogP contribution in [0.4, 0.5) is 4.39 Å². The third-order valence-corrected chi connectivity index (χ3v) is 12.4. The molecule has 4 saturated heterocycles. The lowest BCUT2D eigenvalue weighted by Crippen LogP contribution is -2.47. The van der Waals surface area contributed by atoms with Crippen LogP contribution in [0.1, 0.15) is 77.6 Å². The van der Waals surface area contributed by atoms with Crippen LogP contribution in [0.3, 0.4) is 0 Å². The second-order valence-corrected chi connectivity index (χ2v) is 17.0. The van der Waals surface area contributed by atoms with Crippen molar-refractivity contribution in [2.75, 3.05) is 13.2 Å². The quantitative estimate of drug-likeness (QED) is 0.232. The lowest BCUT2D eigenvalue weighted by Gasteiger charge is -2.35. The van der Waals surface area contributed by atoms with E-state index in [4.69, 9.17) is 9.47 Å². The molecule has 7 nitrogen and oxygen atoms in total. The molecular formula is C44H53FN2O5. The van der Waals surface area contributed by atoms with Gasteiger partial charge < -0.3 is 24.4 Å². The maximum Gasteiger partial charge on any atom is 0.232 e. The van der Waals surface area contributed by atoms with Gasteiger partial charge in [-0.15, -0.1) is 0 Å². The van der Waals surface area contributed by atoms with Crippen molar-refractivity contribution < 1.29 is 28.6 Å². The van der Waals surface area contributed by atoms with E-state index in [1.54, 1.807) is 9.80 Å². The maximum absolute atomic E-state index is 17.0. The van der Waals surface area contributed by atoms with Crippen molar-refractivity contribution in [2.45, 2.75) is 104 Å². The highest BCUT2D eigenvalue weighted by molar-refractivity contribution is 5.94. The van der Waals surface area contributed by atoms with Gasteiger partial charge in [0.15, 0.2) is 5.67 Å². The van der Waals surface area contributed by atoms with Crippen molar-refractivity contribution >= 4 is 33.4 Å². The number of ether oxygens (including phenoxy) is 2. The number of hydrogen-bond donors (Lipinski definition) is 1. The van der Waals surface area contributed by atoms with E-state index in [-0.39, 0.29) is 36.3 Å². The van der Waals surface area contributed by atoms with Gasteiger partial charge in [0.1, 0.15) is 17.1 Å². The Morgan fingerprint density at radius 1 is 0.635 bits per heavy atom. The fraction of sp³-hybridized carbons (Fsp3) is 0.500. The Morgan fingerprint density at radius 3 is 1.54 bits per heavy atom. The number of amides is 2. The SMILES string of the molecule is Cc1ccc([C@@]2(O)C3COC(C)(C)N3C(=O)[C@@H]2C(C)C)c2ccccc12.Cc1ccc([C@]2(F)C3COC(C)(C)N3C(=O)[C@@H]2C(C)C)c2ccccc12. The molecule has 0 radical (unpaired) electrons. The van der Waals surface area contributed by atoms with Gasteiger partial charge in [0.25, 0.3) is 0 Å². The summed E-state index contributed by atoms with van der Waals surface area (Å²) in [5.41, 5.74) is -0.794. The summed E-state index contributed by atoms with van der Waals surface area (Å²) in [7, 11) is 0. The highest BCUT2D eigenvalue weighted by Gasteiger charge is 2.68. The molecular weight excluding hydrogens is 655 g/mol. The average Bonchev–Trinajstić information content (AvgIpc) is 3.74. The molecule has 4 aliphatic heterocycles. The van der Waals surface area contributed by atoms with Crippen LogP contribution in [0.15, 0.2) is 72.8 Å². The van der Waals surface area contributed by atoms with E-state index in [0.29, 0.717) is 12.2 Å². The molecule has 52 heavy (non-hydrogen) atoms. The van der Waals surface area contributed by atoms with Gasteiger partial charge in [-0.2, -0.15) is 0 Å². The van der Waals surface area contributed by atoms with E-state index in [2.05, 4.69) is 13.0 Å². The normalized spacial score (nSPS) is 30.4. The molecule has 0 spiro atoms. The number of fused-ring (bicyclic) bond motifs is 4. The second kappa shape index (κ2) is 12.4. The summed E-state index contributed by atoms with van der Waals surface area (Å²) >= 11 is 0. The van der Waals surface area contributed by atoms with Gasteiger partial charge in [0.05, 0.1) is 37.1 Å². The van der Waals surface area contributed by atoms with Gasteiger partial charge in [0, 0.05) is 0 Å². The standard InChI is InChI=1S/C22H26FNO2.C22H27NO3/c1-13(2)19-20(25)24-18(12-26-21(24,4)5)22(19,23)17-11-10-14(3)15-8-6-7-9-16(15)17;1-13(2)19-20(24)23-18(12-26-21(23,4)5)22(19,25)17-11-10-14(3)15-8-6-7-9-16(15)17/h6-11,13,18-19H,12H2,1-5H3;6-11,13,18-19,25H,12H2,1-5H3/t18?,19-,22-;18?,19-,22+/m00/s1. The third kappa shape index (κ3) is 5.08. The molecule has 2 unspecified atom stereocenters. The van der Waals surface area contributed by atoms with Crippen molar-refractivity contribution in [2.24, 2.45) is 23.7 Å². The molecule has 276 valence electrons. The van der Waals surface area contributed by atoms with E-state index < -0.39 is 40.6 Å². The second-order valence-electron chi connectivity index (χ2n) is 17.0. The predicted molar refractivity (Wildman–Crippen MR) is 202 cm³/mol. The number of carbonyl (C=O) groups excluding carboxylic acids is 2. The Morgan fingerprint density at radius 2 is 1.04 bits per heavy atom. The van der Waals surface area contributed by atoms with Gasteiger partial charge in [-0.1, -0.05) is 100 Å². The van der Waals surface area contributed by atoms with Crippen LogP contribution in [0.25, 0.3) is 21.5 Å². The van der Waals surface area contributed by atoms with E-state index in [1.165, 1.54) is 5.56 Å². The van der Waals surface area contributed by atoms with Crippen LogP contribution in [0, 0.1) is 37.5 Å². The lowest BCUT2D eigenvalue weighted by molar-refractivity contribution is -0.148. The highest BCUT2D eigenvalue weighted by Crippen LogP contribution is 2.56. The molecule has 4 fully saturated rings. The van der Waals surface area contributed by atoms with Crippen LogP contribution >= 0.6 is 0 Å². The third-order valence-electron chi connectivity index (χ3n) is 12.4. The van der Waals surface area contributed by atoms with E-state index in [1.807, 2.05) is 129 Å². The topological polar surface area (TPSA) is 79.3 Å². The summed E-state index contributed by atoms with van der Waals surface area (Å²) in [6.07, 6.45) is 0. The molecule has 4 aromatic rings. The fourth-order valence-electron chi connectivity index (χ4n) is 10.00. The number of rotatable bonds is 4. The molecule has 0 aromatic heterocycles. The van der Waals surface area contributed by atoms with Crippen LogP contribution in [0.5, 0.6) is 0 Å². The first-order chi connectivity index (χ1) is 24.4. The molecule has 4 aliphatic rings. The summed E-state index contributed by atoms with van der Waals surface area (Å²) in [4.78, 5) is 30.0. The first kappa shape index (κ1) is 36.5. The van der Waals surface area contributed by atoms with Crippen molar-refractivity contribution in [3.05, 3.63) is 95.1 Å². The average molecular weight is 709 g/mol. The lowest BCUT2D eigenvalue weighted by atomic mass is 9.72. The van der Waals surface area contributed by atoms with Gasteiger partial charge in [0.2, 0.25) is 11.8 Å². The highest BCUT2D eigenvalue weighted by atomic mass is 19.1. The van der Waals surface area contributed by atoms with Crippen molar-refractivity contribution in [3.8, 4) is 0 Å². The smallest absolute Gasteiger partial charge is 0.232 e. The Balaban J connectivity index is 0.000000162. The molecule has 4 heterocycles. The van der Waals surface area contributed by atoms with Crippen LogP contribution in [-0.4, -0.2) is 63.5 Å². The molecule has 1 N–H and O–H groups in total. The first-order valence-electron chi connectivity index (χ1n) is 18.7.